The molecule has 2 aromatic rings. The van der Waals surface area contributed by atoms with E-state index < -0.39 is 4.92 Å². The van der Waals surface area contributed by atoms with Crippen molar-refractivity contribution in [3.63, 3.8) is 0 Å². The summed E-state index contributed by atoms with van der Waals surface area (Å²) in [6.07, 6.45) is 2.72. The molecule has 0 aliphatic heterocycles. The lowest BCUT2D eigenvalue weighted by atomic mass is 10.2. The number of pyridine rings is 1. The summed E-state index contributed by atoms with van der Waals surface area (Å²) in [6, 6.07) is 4.66. The van der Waals surface area contributed by atoms with Gasteiger partial charge in [-0.25, -0.2) is 4.98 Å². The number of hydrogen-bond donors (Lipinski definition) is 1. The van der Waals surface area contributed by atoms with Crippen molar-refractivity contribution in [3.8, 4) is 6.07 Å². The first-order valence-corrected chi connectivity index (χ1v) is 4.89. The van der Waals surface area contributed by atoms with Crippen molar-refractivity contribution in [2.75, 3.05) is 5.32 Å². The Kier molecular flexibility index (Phi) is 3.15. The molecule has 8 nitrogen and oxygen atoms in total. The summed E-state index contributed by atoms with van der Waals surface area (Å²) in [5.74, 6) is 0.0297. The fourth-order valence-corrected chi connectivity index (χ4v) is 1.36. The summed E-state index contributed by atoms with van der Waals surface area (Å²) in [5, 5.41) is 26.1. The van der Waals surface area contributed by atoms with Crippen LogP contribution in [0.4, 0.5) is 11.5 Å². The molecular formula is C10H7N5O3. The van der Waals surface area contributed by atoms with Gasteiger partial charge in [-0.1, -0.05) is 5.16 Å². The molecule has 2 heterocycles. The van der Waals surface area contributed by atoms with Gasteiger partial charge in [0.05, 0.1) is 11.5 Å². The van der Waals surface area contributed by atoms with E-state index in [1.807, 2.05) is 0 Å². The second-order valence-electron chi connectivity index (χ2n) is 3.27. The molecule has 0 fully saturated rings. The van der Waals surface area contributed by atoms with Gasteiger partial charge in [-0.3, -0.25) is 10.1 Å². The second-order valence-corrected chi connectivity index (χ2v) is 3.27. The molecule has 18 heavy (non-hydrogen) atoms. The van der Waals surface area contributed by atoms with Gasteiger partial charge in [0.2, 0.25) is 5.82 Å². The number of aromatic nitrogens is 2. The molecular weight excluding hydrogens is 238 g/mol. The Morgan fingerprint density at radius 2 is 2.39 bits per heavy atom. The number of rotatable bonds is 4. The topological polar surface area (TPSA) is 118 Å². The fraction of sp³-hybridized carbons (Fsp3) is 0.100. The minimum atomic E-state index is -0.642. The van der Waals surface area contributed by atoms with Crippen LogP contribution in [0.25, 0.3) is 0 Å². The van der Waals surface area contributed by atoms with Crippen molar-refractivity contribution in [2.24, 2.45) is 0 Å². The maximum Gasteiger partial charge on any atom is 0.328 e. The SMILES string of the molecule is N#Cc1ccnc(NCc2ccon2)c1[N+](=O)[O-]. The molecule has 0 unspecified atom stereocenters. The van der Waals surface area contributed by atoms with Crippen molar-refractivity contribution < 1.29 is 9.45 Å². The van der Waals surface area contributed by atoms with Crippen LogP contribution >= 0.6 is 0 Å². The zero-order chi connectivity index (χ0) is 13.0. The van der Waals surface area contributed by atoms with Crippen LogP contribution in [0.3, 0.4) is 0 Å². The molecule has 2 aromatic heterocycles. The first kappa shape index (κ1) is 11.5. The van der Waals surface area contributed by atoms with E-state index in [9.17, 15) is 10.1 Å². The summed E-state index contributed by atoms with van der Waals surface area (Å²) < 4.78 is 4.63. The van der Waals surface area contributed by atoms with Crippen LogP contribution in [0, 0.1) is 21.4 Å². The molecule has 0 aliphatic rings. The first-order chi connectivity index (χ1) is 8.72. The van der Waals surface area contributed by atoms with Gasteiger partial charge in [-0.15, -0.1) is 0 Å². The number of hydrogen-bond acceptors (Lipinski definition) is 7. The van der Waals surface area contributed by atoms with Gasteiger partial charge in [-0.05, 0) is 6.07 Å². The van der Waals surface area contributed by atoms with Gasteiger partial charge in [-0.2, -0.15) is 5.26 Å². The predicted molar refractivity (Wildman–Crippen MR) is 59.4 cm³/mol. The van der Waals surface area contributed by atoms with Crippen molar-refractivity contribution >= 4 is 11.5 Å². The molecule has 0 amide bonds. The van der Waals surface area contributed by atoms with Crippen LogP contribution in [0.2, 0.25) is 0 Å². The minimum Gasteiger partial charge on any atom is -0.364 e. The monoisotopic (exact) mass is 245 g/mol. The van der Waals surface area contributed by atoms with Crippen LogP contribution in [0.5, 0.6) is 0 Å². The molecule has 2 rings (SSSR count). The summed E-state index contributed by atoms with van der Waals surface area (Å²) in [5.41, 5.74) is 0.189. The molecule has 0 saturated heterocycles. The maximum absolute atomic E-state index is 10.9. The van der Waals surface area contributed by atoms with Crippen LogP contribution in [-0.4, -0.2) is 15.1 Å². The maximum atomic E-state index is 10.9. The molecule has 0 aromatic carbocycles. The van der Waals surface area contributed by atoms with Crippen LogP contribution < -0.4 is 5.32 Å². The summed E-state index contributed by atoms with van der Waals surface area (Å²) in [4.78, 5) is 14.1. The Bertz CT molecular complexity index is 602. The van der Waals surface area contributed by atoms with Gasteiger partial charge < -0.3 is 9.84 Å². The molecule has 0 radical (unpaired) electrons. The summed E-state index contributed by atoms with van der Waals surface area (Å²) >= 11 is 0. The van der Waals surface area contributed by atoms with E-state index in [1.165, 1.54) is 18.5 Å². The zero-order valence-electron chi connectivity index (χ0n) is 9.03. The van der Waals surface area contributed by atoms with Gasteiger partial charge in [0.1, 0.15) is 23.6 Å². The lowest BCUT2D eigenvalue weighted by Gasteiger charge is -2.04. The highest BCUT2D eigenvalue weighted by atomic mass is 16.6. The lowest BCUT2D eigenvalue weighted by Crippen LogP contribution is -2.06. The van der Waals surface area contributed by atoms with Gasteiger partial charge in [0.25, 0.3) is 0 Å². The van der Waals surface area contributed by atoms with Gasteiger partial charge in [0.15, 0.2) is 0 Å². The van der Waals surface area contributed by atoms with Crippen LogP contribution in [0.1, 0.15) is 11.3 Å². The predicted octanol–water partition coefficient (Wildman–Crippen LogP) is 1.46. The van der Waals surface area contributed by atoms with Crippen LogP contribution in [0.15, 0.2) is 29.1 Å². The highest BCUT2D eigenvalue weighted by molar-refractivity contribution is 5.63. The number of anilines is 1. The Balaban J connectivity index is 2.27. The first-order valence-electron chi connectivity index (χ1n) is 4.89. The Hall–Kier alpha value is -2.95. The molecule has 90 valence electrons. The van der Waals surface area contributed by atoms with E-state index in [2.05, 4.69) is 20.0 Å². The molecule has 0 bridgehead atoms. The molecule has 8 heteroatoms. The Labute approximate surface area is 101 Å². The van der Waals surface area contributed by atoms with Crippen molar-refractivity contribution in [3.05, 3.63) is 46.0 Å². The normalized spacial score (nSPS) is 9.72. The average molecular weight is 245 g/mol. The molecule has 1 N–H and O–H groups in total. The smallest absolute Gasteiger partial charge is 0.328 e. The molecule has 0 atom stereocenters. The van der Waals surface area contributed by atoms with E-state index in [1.54, 1.807) is 12.1 Å². The quantitative estimate of drug-likeness (QED) is 0.639. The number of nitrogens with one attached hydrogen (secondary N) is 1. The largest absolute Gasteiger partial charge is 0.364 e. The lowest BCUT2D eigenvalue weighted by molar-refractivity contribution is -0.384. The second kappa shape index (κ2) is 4.92. The fourth-order valence-electron chi connectivity index (χ4n) is 1.36. The summed E-state index contributed by atoms with van der Waals surface area (Å²) in [7, 11) is 0. The Morgan fingerprint density at radius 3 is 3.00 bits per heavy atom. The average Bonchev–Trinajstić information content (AvgIpc) is 2.88. The molecule has 0 spiro atoms. The van der Waals surface area contributed by atoms with Gasteiger partial charge >= 0.3 is 5.69 Å². The standard InChI is InChI=1S/C10H7N5O3/c11-5-7-1-3-12-10(9(7)15(16)17)13-6-8-2-4-18-14-8/h1-4H,6H2,(H,12,13). The van der Waals surface area contributed by atoms with Crippen molar-refractivity contribution in [1.82, 2.24) is 10.1 Å². The van der Waals surface area contributed by atoms with E-state index in [-0.39, 0.29) is 23.6 Å². The van der Waals surface area contributed by atoms with Crippen molar-refractivity contribution in [1.29, 1.82) is 5.26 Å². The van der Waals surface area contributed by atoms with Crippen LogP contribution in [-0.2, 0) is 6.54 Å². The number of nitro groups is 1. The van der Waals surface area contributed by atoms with E-state index in [0.29, 0.717) is 5.69 Å². The third-order valence-electron chi connectivity index (χ3n) is 2.16. The molecule has 0 saturated carbocycles. The summed E-state index contributed by atoms with van der Waals surface area (Å²) in [6.45, 7) is 0.221. The third-order valence-corrected chi connectivity index (χ3v) is 2.16. The van der Waals surface area contributed by atoms with Gasteiger partial charge in [0, 0.05) is 12.3 Å². The number of nitrogens with zero attached hydrogens (tertiary/aromatic N) is 4. The molecule has 0 aliphatic carbocycles. The Morgan fingerprint density at radius 1 is 1.56 bits per heavy atom. The number of nitriles is 1. The third kappa shape index (κ3) is 2.25. The highest BCUT2D eigenvalue weighted by Gasteiger charge is 2.20. The van der Waals surface area contributed by atoms with Crippen molar-refractivity contribution in [2.45, 2.75) is 6.54 Å². The highest BCUT2D eigenvalue weighted by Crippen LogP contribution is 2.25. The zero-order valence-corrected chi connectivity index (χ0v) is 9.03. The van der Waals surface area contributed by atoms with E-state index in [4.69, 9.17) is 5.26 Å². The van der Waals surface area contributed by atoms with E-state index >= 15 is 0 Å². The van der Waals surface area contributed by atoms with E-state index in [0.717, 1.165) is 0 Å². The minimum absolute atomic E-state index is 0.0297.